The molecule has 4 nitrogen and oxygen atoms in total. The molecule has 0 fully saturated rings. The van der Waals surface area contributed by atoms with Crippen LogP contribution in [-0.2, 0) is 14.3 Å². The summed E-state index contributed by atoms with van der Waals surface area (Å²) in [4.78, 5) is 22.8. The maximum Gasteiger partial charge on any atom is 0.338 e. The van der Waals surface area contributed by atoms with E-state index in [1.54, 1.807) is 19.9 Å². The molecule has 1 rings (SSSR count). The largest absolute Gasteiger partial charge is 0.465 e. The molecule has 1 unspecified atom stereocenters. The topological polar surface area (TPSA) is 52.6 Å². The van der Waals surface area contributed by atoms with Crippen molar-refractivity contribution in [3.05, 3.63) is 41.0 Å². The second-order valence-corrected chi connectivity index (χ2v) is 5.11. The van der Waals surface area contributed by atoms with E-state index in [0.717, 1.165) is 11.1 Å². The minimum Gasteiger partial charge on any atom is -0.465 e. The summed E-state index contributed by atoms with van der Waals surface area (Å²) in [6.45, 7) is 8.98. The van der Waals surface area contributed by atoms with E-state index < -0.39 is 0 Å². The van der Waals surface area contributed by atoms with Crippen LogP contribution in [0.5, 0.6) is 5.75 Å². The molecule has 0 radical (unpaired) electrons. The zero-order valence-electron chi connectivity index (χ0n) is 13.2. The van der Waals surface area contributed by atoms with Gasteiger partial charge in [0.1, 0.15) is 5.75 Å². The minimum absolute atomic E-state index is 0.0526. The van der Waals surface area contributed by atoms with Crippen molar-refractivity contribution in [2.24, 2.45) is 0 Å². The van der Waals surface area contributed by atoms with Crippen molar-refractivity contribution < 1.29 is 19.1 Å². The van der Waals surface area contributed by atoms with Gasteiger partial charge in [0, 0.05) is 24.0 Å². The van der Waals surface area contributed by atoms with Crippen molar-refractivity contribution >= 4 is 11.9 Å². The second-order valence-electron chi connectivity index (χ2n) is 5.11. The van der Waals surface area contributed by atoms with E-state index >= 15 is 0 Å². The number of allylic oxidation sites excluding steroid dienone is 1. The van der Waals surface area contributed by atoms with Gasteiger partial charge in [-0.05, 0) is 32.4 Å². The van der Waals surface area contributed by atoms with E-state index in [2.05, 4.69) is 0 Å². The third kappa shape index (κ3) is 5.06. The monoisotopic (exact) mass is 290 g/mol. The summed E-state index contributed by atoms with van der Waals surface area (Å²) in [6.07, 6.45) is 1.71. The number of esters is 2. The number of hydrogen-bond acceptors (Lipinski definition) is 4. The van der Waals surface area contributed by atoms with Gasteiger partial charge in [-0.25, -0.2) is 4.79 Å². The van der Waals surface area contributed by atoms with Crippen molar-refractivity contribution in [1.82, 2.24) is 0 Å². The molecule has 1 atom stereocenters. The highest BCUT2D eigenvalue weighted by Crippen LogP contribution is 2.28. The molecule has 4 heteroatoms. The van der Waals surface area contributed by atoms with E-state index in [1.807, 2.05) is 32.0 Å². The Hall–Kier alpha value is -2.10. The van der Waals surface area contributed by atoms with Crippen molar-refractivity contribution in [3.8, 4) is 5.75 Å². The Kier molecular flexibility index (Phi) is 6.15. The Morgan fingerprint density at radius 2 is 1.95 bits per heavy atom. The molecular formula is C17H22O4. The van der Waals surface area contributed by atoms with Crippen molar-refractivity contribution in [3.63, 3.8) is 0 Å². The van der Waals surface area contributed by atoms with Crippen LogP contribution in [0.25, 0.3) is 0 Å². The third-order valence-corrected chi connectivity index (χ3v) is 3.19. The predicted octanol–water partition coefficient (Wildman–Crippen LogP) is 3.53. The SMILES string of the molecule is C/C=C(\C)C(=O)Oc1cc(C)ccc1C(C)COC(C)=O. The van der Waals surface area contributed by atoms with Gasteiger partial charge in [0.25, 0.3) is 0 Å². The van der Waals surface area contributed by atoms with Gasteiger partial charge in [-0.2, -0.15) is 0 Å². The number of rotatable bonds is 5. The number of hydrogen-bond donors (Lipinski definition) is 0. The second kappa shape index (κ2) is 7.62. The van der Waals surface area contributed by atoms with Gasteiger partial charge < -0.3 is 9.47 Å². The fourth-order valence-corrected chi connectivity index (χ4v) is 1.77. The maximum absolute atomic E-state index is 11.9. The Morgan fingerprint density at radius 3 is 2.52 bits per heavy atom. The predicted molar refractivity (Wildman–Crippen MR) is 81.3 cm³/mol. The van der Waals surface area contributed by atoms with Crippen molar-refractivity contribution in [2.75, 3.05) is 6.61 Å². The minimum atomic E-state index is -0.371. The lowest BCUT2D eigenvalue weighted by Gasteiger charge is -2.16. The quantitative estimate of drug-likeness (QED) is 0.473. The molecule has 0 N–H and O–H groups in total. The lowest BCUT2D eigenvalue weighted by atomic mass is 9.99. The van der Waals surface area contributed by atoms with E-state index in [9.17, 15) is 9.59 Å². The fraction of sp³-hybridized carbons (Fsp3) is 0.412. The van der Waals surface area contributed by atoms with Crippen molar-refractivity contribution in [2.45, 2.75) is 40.5 Å². The number of aryl methyl sites for hydroxylation is 1. The average Bonchev–Trinajstić information content (AvgIpc) is 2.43. The average molecular weight is 290 g/mol. The molecule has 21 heavy (non-hydrogen) atoms. The van der Waals surface area contributed by atoms with Gasteiger partial charge in [0.05, 0.1) is 6.61 Å². The highest BCUT2D eigenvalue weighted by atomic mass is 16.5. The number of ether oxygens (including phenoxy) is 2. The number of carbonyl (C=O) groups is 2. The van der Waals surface area contributed by atoms with E-state index in [4.69, 9.17) is 9.47 Å². The summed E-state index contributed by atoms with van der Waals surface area (Å²) in [7, 11) is 0. The molecule has 1 aromatic carbocycles. The molecule has 0 aliphatic heterocycles. The van der Waals surface area contributed by atoms with E-state index in [0.29, 0.717) is 11.3 Å². The van der Waals surface area contributed by atoms with Gasteiger partial charge in [-0.15, -0.1) is 0 Å². The number of carbonyl (C=O) groups excluding carboxylic acids is 2. The highest BCUT2D eigenvalue weighted by Gasteiger charge is 2.16. The third-order valence-electron chi connectivity index (χ3n) is 3.19. The summed E-state index contributed by atoms with van der Waals surface area (Å²) in [5.74, 6) is -0.231. The molecule has 0 saturated heterocycles. The van der Waals surface area contributed by atoms with Crippen LogP contribution >= 0.6 is 0 Å². The lowest BCUT2D eigenvalue weighted by molar-refractivity contribution is -0.141. The summed E-state index contributed by atoms with van der Waals surface area (Å²) < 4.78 is 10.5. The summed E-state index contributed by atoms with van der Waals surface area (Å²) in [5, 5.41) is 0. The first-order chi connectivity index (χ1) is 9.85. The van der Waals surface area contributed by atoms with E-state index in [1.165, 1.54) is 6.92 Å². The molecule has 0 saturated carbocycles. The first-order valence-corrected chi connectivity index (χ1v) is 6.94. The standard InChI is InChI=1S/C17H22O4/c1-6-12(3)17(19)21-16-9-11(2)7-8-15(16)13(4)10-20-14(5)18/h6-9,13H,10H2,1-5H3/b12-6+. The van der Waals surface area contributed by atoms with Crippen LogP contribution in [-0.4, -0.2) is 18.5 Å². The first kappa shape index (κ1) is 17.0. The van der Waals surface area contributed by atoms with Crippen LogP contribution in [0.3, 0.4) is 0 Å². The Bertz CT molecular complexity index is 558. The Morgan fingerprint density at radius 1 is 1.29 bits per heavy atom. The normalized spacial score (nSPS) is 12.7. The molecule has 0 aliphatic rings. The molecule has 0 spiro atoms. The Labute approximate surface area is 125 Å². The molecule has 114 valence electrons. The fourth-order valence-electron chi connectivity index (χ4n) is 1.77. The summed E-state index contributed by atoms with van der Waals surface area (Å²) in [5.41, 5.74) is 2.40. The van der Waals surface area contributed by atoms with Gasteiger partial charge in [0.15, 0.2) is 0 Å². The lowest BCUT2D eigenvalue weighted by Crippen LogP contribution is -2.13. The molecule has 1 aromatic rings. The van der Waals surface area contributed by atoms with Crippen LogP contribution in [0, 0.1) is 6.92 Å². The number of benzene rings is 1. The molecular weight excluding hydrogens is 268 g/mol. The zero-order chi connectivity index (χ0) is 16.0. The van der Waals surface area contributed by atoms with E-state index in [-0.39, 0.29) is 24.5 Å². The van der Waals surface area contributed by atoms with Crippen LogP contribution in [0.1, 0.15) is 44.7 Å². The van der Waals surface area contributed by atoms with Gasteiger partial charge >= 0.3 is 11.9 Å². The van der Waals surface area contributed by atoms with Crippen LogP contribution < -0.4 is 4.74 Å². The molecule has 0 heterocycles. The molecule has 0 aliphatic carbocycles. The summed E-state index contributed by atoms with van der Waals surface area (Å²) >= 11 is 0. The van der Waals surface area contributed by atoms with Crippen LogP contribution in [0.15, 0.2) is 29.8 Å². The van der Waals surface area contributed by atoms with Crippen LogP contribution in [0.2, 0.25) is 0 Å². The maximum atomic E-state index is 11.9. The van der Waals surface area contributed by atoms with Gasteiger partial charge in [-0.3, -0.25) is 4.79 Å². The molecule has 0 aromatic heterocycles. The molecule has 0 amide bonds. The van der Waals surface area contributed by atoms with Gasteiger partial charge in [0.2, 0.25) is 0 Å². The first-order valence-electron chi connectivity index (χ1n) is 6.94. The smallest absolute Gasteiger partial charge is 0.338 e. The molecule has 0 bridgehead atoms. The Balaban J connectivity index is 2.99. The zero-order valence-corrected chi connectivity index (χ0v) is 13.2. The van der Waals surface area contributed by atoms with Crippen LogP contribution in [0.4, 0.5) is 0 Å². The van der Waals surface area contributed by atoms with Gasteiger partial charge in [-0.1, -0.05) is 25.1 Å². The summed E-state index contributed by atoms with van der Waals surface area (Å²) in [6, 6.07) is 5.66. The highest BCUT2D eigenvalue weighted by molar-refractivity contribution is 5.89. The van der Waals surface area contributed by atoms with Crippen molar-refractivity contribution in [1.29, 1.82) is 0 Å².